The molecule has 2 aromatic carbocycles. The summed E-state index contributed by atoms with van der Waals surface area (Å²) in [5.41, 5.74) is 1.29. The van der Waals surface area contributed by atoms with Crippen molar-refractivity contribution in [3.63, 3.8) is 0 Å². The van der Waals surface area contributed by atoms with Crippen LogP contribution >= 0.6 is 0 Å². The number of nitrogens with zero attached hydrogens (tertiary/aromatic N) is 2. The van der Waals surface area contributed by atoms with E-state index in [1.54, 1.807) is 47.4 Å². The number of carbonyl (C=O) groups excluding carboxylic acids is 2. The first kappa shape index (κ1) is 20.7. The van der Waals surface area contributed by atoms with E-state index in [1.165, 1.54) is 12.1 Å². The highest BCUT2D eigenvalue weighted by Gasteiger charge is 2.23. The number of carbonyl (C=O) groups is 2. The molecular weight excluding hydrogens is 403 g/mol. The van der Waals surface area contributed by atoms with Crippen LogP contribution in [-0.4, -0.2) is 62.8 Å². The smallest absolute Gasteiger partial charge is 0.331 e. The fourth-order valence-corrected chi connectivity index (χ4v) is 3.51. The number of hydrogen-bond acceptors (Lipinski definition) is 6. The van der Waals surface area contributed by atoms with Crippen LogP contribution in [0.1, 0.15) is 5.56 Å². The molecule has 1 fully saturated rings. The van der Waals surface area contributed by atoms with Crippen LogP contribution < -0.4 is 14.4 Å². The minimum atomic E-state index is -0.603. The lowest BCUT2D eigenvalue weighted by Crippen LogP contribution is -2.50. The monoisotopic (exact) mass is 426 g/mol. The van der Waals surface area contributed by atoms with Gasteiger partial charge in [-0.05, 0) is 35.9 Å². The van der Waals surface area contributed by atoms with Gasteiger partial charge in [-0.25, -0.2) is 9.18 Å². The summed E-state index contributed by atoms with van der Waals surface area (Å²) < 4.78 is 30.0. The Hall–Kier alpha value is -3.55. The van der Waals surface area contributed by atoms with Crippen LogP contribution in [0.5, 0.6) is 11.5 Å². The van der Waals surface area contributed by atoms with E-state index in [0.717, 1.165) is 5.56 Å². The van der Waals surface area contributed by atoms with Crippen LogP contribution in [0.4, 0.5) is 10.1 Å². The zero-order valence-corrected chi connectivity index (χ0v) is 17.0. The Morgan fingerprint density at radius 1 is 1.00 bits per heavy atom. The molecule has 4 rings (SSSR count). The Morgan fingerprint density at radius 2 is 1.74 bits per heavy atom. The Balaban J connectivity index is 1.23. The number of piperazine rings is 1. The zero-order valence-electron chi connectivity index (χ0n) is 17.0. The van der Waals surface area contributed by atoms with Gasteiger partial charge < -0.3 is 24.0 Å². The van der Waals surface area contributed by atoms with Gasteiger partial charge in [-0.15, -0.1) is 0 Å². The Labute approximate surface area is 179 Å². The standard InChI is InChI=1S/C23H23FN2O5/c24-18-3-1-2-4-19(18)25-9-11-26(12-10-25)22(27)16-31-23(28)8-6-17-5-7-20-21(15-17)30-14-13-29-20/h1-8,15H,9-14,16H2/b8-6+. The first-order chi connectivity index (χ1) is 15.1. The Kier molecular flexibility index (Phi) is 6.35. The number of amides is 1. The molecule has 1 amide bonds. The van der Waals surface area contributed by atoms with Crippen molar-refractivity contribution in [2.75, 3.05) is 50.9 Å². The van der Waals surface area contributed by atoms with E-state index in [-0.39, 0.29) is 18.3 Å². The number of hydrogen-bond donors (Lipinski definition) is 0. The van der Waals surface area contributed by atoms with E-state index in [9.17, 15) is 14.0 Å². The van der Waals surface area contributed by atoms with E-state index < -0.39 is 5.97 Å². The van der Waals surface area contributed by atoms with Crippen LogP contribution in [0, 0.1) is 5.82 Å². The molecule has 2 aromatic rings. The second-order valence-corrected chi connectivity index (χ2v) is 7.16. The van der Waals surface area contributed by atoms with Gasteiger partial charge in [0.25, 0.3) is 5.91 Å². The summed E-state index contributed by atoms with van der Waals surface area (Å²) in [5.74, 6) is 0.154. The Bertz CT molecular complexity index is 986. The molecule has 7 nitrogen and oxygen atoms in total. The highest BCUT2D eigenvalue weighted by atomic mass is 19.1. The van der Waals surface area contributed by atoms with E-state index >= 15 is 0 Å². The summed E-state index contributed by atoms with van der Waals surface area (Å²) in [5, 5.41) is 0. The molecule has 0 spiro atoms. The zero-order chi connectivity index (χ0) is 21.6. The van der Waals surface area contributed by atoms with E-state index in [2.05, 4.69) is 0 Å². The molecule has 0 unspecified atom stereocenters. The Morgan fingerprint density at radius 3 is 2.52 bits per heavy atom. The van der Waals surface area contributed by atoms with Gasteiger partial charge in [0.15, 0.2) is 18.1 Å². The lowest BCUT2D eigenvalue weighted by molar-refractivity contribution is -0.148. The fourth-order valence-electron chi connectivity index (χ4n) is 3.51. The number of esters is 1. The van der Waals surface area contributed by atoms with Crippen molar-refractivity contribution >= 4 is 23.6 Å². The average Bonchev–Trinajstić information content (AvgIpc) is 2.81. The lowest BCUT2D eigenvalue weighted by atomic mass is 10.2. The first-order valence-electron chi connectivity index (χ1n) is 10.1. The number of ether oxygens (including phenoxy) is 3. The van der Waals surface area contributed by atoms with E-state index in [4.69, 9.17) is 14.2 Å². The van der Waals surface area contributed by atoms with Crippen LogP contribution in [0.25, 0.3) is 6.08 Å². The lowest BCUT2D eigenvalue weighted by Gasteiger charge is -2.36. The van der Waals surface area contributed by atoms with Crippen LogP contribution in [0.15, 0.2) is 48.5 Å². The minimum absolute atomic E-state index is 0.269. The van der Waals surface area contributed by atoms with Gasteiger partial charge in [0.05, 0.1) is 5.69 Å². The van der Waals surface area contributed by atoms with Crippen molar-refractivity contribution in [3.8, 4) is 11.5 Å². The van der Waals surface area contributed by atoms with Crippen molar-refractivity contribution < 1.29 is 28.2 Å². The molecule has 0 atom stereocenters. The van der Waals surface area contributed by atoms with Gasteiger partial charge in [-0.3, -0.25) is 4.79 Å². The molecule has 0 saturated carbocycles. The molecule has 31 heavy (non-hydrogen) atoms. The largest absolute Gasteiger partial charge is 0.486 e. The van der Waals surface area contributed by atoms with Gasteiger partial charge in [-0.1, -0.05) is 18.2 Å². The highest BCUT2D eigenvalue weighted by Crippen LogP contribution is 2.31. The van der Waals surface area contributed by atoms with Gasteiger partial charge in [0.2, 0.25) is 0 Å². The summed E-state index contributed by atoms with van der Waals surface area (Å²) in [6.07, 6.45) is 2.87. The molecule has 0 aliphatic carbocycles. The number of benzene rings is 2. The quantitative estimate of drug-likeness (QED) is 0.541. The van der Waals surface area contributed by atoms with Crippen molar-refractivity contribution in [2.24, 2.45) is 0 Å². The maximum absolute atomic E-state index is 13.9. The van der Waals surface area contributed by atoms with E-state index in [0.29, 0.717) is 56.6 Å². The number of fused-ring (bicyclic) bond motifs is 1. The third-order valence-corrected chi connectivity index (χ3v) is 5.14. The van der Waals surface area contributed by atoms with Crippen molar-refractivity contribution in [1.82, 2.24) is 4.90 Å². The molecule has 2 aliphatic heterocycles. The van der Waals surface area contributed by atoms with Gasteiger partial charge >= 0.3 is 5.97 Å². The van der Waals surface area contributed by atoms with E-state index in [1.807, 2.05) is 4.90 Å². The summed E-state index contributed by atoms with van der Waals surface area (Å²) in [6, 6.07) is 11.9. The topological polar surface area (TPSA) is 68.3 Å². The molecule has 162 valence electrons. The summed E-state index contributed by atoms with van der Waals surface area (Å²) in [6.45, 7) is 2.59. The van der Waals surface area contributed by atoms with Crippen LogP contribution in [-0.2, 0) is 14.3 Å². The average molecular weight is 426 g/mol. The van der Waals surface area contributed by atoms with Crippen molar-refractivity contribution in [3.05, 3.63) is 59.9 Å². The second-order valence-electron chi connectivity index (χ2n) is 7.16. The van der Waals surface area contributed by atoms with Crippen molar-refractivity contribution in [1.29, 1.82) is 0 Å². The third-order valence-electron chi connectivity index (χ3n) is 5.14. The molecule has 0 bridgehead atoms. The number of anilines is 1. The number of rotatable bonds is 5. The summed E-state index contributed by atoms with van der Waals surface area (Å²) in [4.78, 5) is 27.9. The van der Waals surface area contributed by atoms with Crippen LogP contribution in [0.2, 0.25) is 0 Å². The SMILES string of the molecule is O=C(/C=C/c1ccc2c(c1)OCCO2)OCC(=O)N1CCN(c2ccccc2F)CC1. The molecule has 2 heterocycles. The normalized spacial score (nSPS) is 15.8. The maximum Gasteiger partial charge on any atom is 0.331 e. The maximum atomic E-state index is 13.9. The van der Waals surface area contributed by atoms with Gasteiger partial charge in [-0.2, -0.15) is 0 Å². The third kappa shape index (κ3) is 5.14. The number of para-hydroxylation sites is 1. The number of halogens is 1. The van der Waals surface area contributed by atoms with Crippen LogP contribution in [0.3, 0.4) is 0 Å². The van der Waals surface area contributed by atoms with Crippen molar-refractivity contribution in [2.45, 2.75) is 0 Å². The fraction of sp³-hybridized carbons (Fsp3) is 0.304. The predicted molar refractivity (Wildman–Crippen MR) is 113 cm³/mol. The predicted octanol–water partition coefficient (Wildman–Crippen LogP) is 2.50. The molecule has 8 heteroatoms. The highest BCUT2D eigenvalue weighted by molar-refractivity contribution is 5.89. The molecular formula is C23H23FN2O5. The first-order valence-corrected chi connectivity index (χ1v) is 10.1. The van der Waals surface area contributed by atoms with Gasteiger partial charge in [0.1, 0.15) is 19.0 Å². The summed E-state index contributed by atoms with van der Waals surface area (Å²) in [7, 11) is 0. The second kappa shape index (κ2) is 9.51. The molecule has 0 radical (unpaired) electrons. The van der Waals surface area contributed by atoms with Gasteiger partial charge in [0, 0.05) is 32.3 Å². The molecule has 0 N–H and O–H groups in total. The summed E-state index contributed by atoms with van der Waals surface area (Å²) >= 11 is 0. The molecule has 2 aliphatic rings. The minimum Gasteiger partial charge on any atom is -0.486 e. The molecule has 0 aromatic heterocycles. The molecule has 1 saturated heterocycles.